The topological polar surface area (TPSA) is 72.2 Å². The predicted octanol–water partition coefficient (Wildman–Crippen LogP) is 0.953. The summed E-state index contributed by atoms with van der Waals surface area (Å²) in [4.78, 5) is 0. The minimum atomic E-state index is -3.71. The fourth-order valence-corrected chi connectivity index (χ4v) is 2.19. The molecule has 0 radical (unpaired) electrons. The molecule has 0 saturated carbocycles. The second-order valence-corrected chi connectivity index (χ2v) is 5.05. The molecule has 1 aromatic rings. The van der Waals surface area contributed by atoms with E-state index in [2.05, 4.69) is 0 Å². The van der Waals surface area contributed by atoms with Crippen molar-refractivity contribution >= 4 is 15.7 Å². The summed E-state index contributed by atoms with van der Waals surface area (Å²) < 4.78 is 48.1. The molecule has 0 amide bonds. The van der Waals surface area contributed by atoms with E-state index >= 15 is 0 Å². The van der Waals surface area contributed by atoms with Crippen LogP contribution in [0.2, 0.25) is 0 Å². The average molecular weight is 250 g/mol. The monoisotopic (exact) mass is 250 g/mol. The largest absolute Gasteiger partial charge is 0.399 e. The van der Waals surface area contributed by atoms with Crippen molar-refractivity contribution in [3.05, 3.63) is 29.8 Å². The number of benzene rings is 1. The smallest absolute Gasteiger partial charge is 0.251 e. The Morgan fingerprint density at radius 1 is 1.25 bits per heavy atom. The fourth-order valence-electron chi connectivity index (χ4n) is 1.07. The minimum absolute atomic E-state index is 0.333. The van der Waals surface area contributed by atoms with Crippen molar-refractivity contribution in [3.63, 3.8) is 0 Å². The lowest BCUT2D eigenvalue weighted by molar-refractivity contribution is 0.153. The van der Waals surface area contributed by atoms with Gasteiger partial charge in [-0.3, -0.25) is 0 Å². The lowest BCUT2D eigenvalue weighted by Crippen LogP contribution is -2.29. The molecule has 0 aliphatic rings. The van der Waals surface area contributed by atoms with Gasteiger partial charge in [0.1, 0.15) is 0 Å². The average Bonchev–Trinajstić information content (AvgIpc) is 2.19. The predicted molar refractivity (Wildman–Crippen MR) is 57.5 cm³/mol. The number of sulfonamides is 1. The van der Waals surface area contributed by atoms with Crippen LogP contribution >= 0.6 is 0 Å². The summed E-state index contributed by atoms with van der Waals surface area (Å²) in [6.07, 6.45) is -2.69. The number of rotatable bonds is 5. The minimum Gasteiger partial charge on any atom is -0.399 e. The van der Waals surface area contributed by atoms with Crippen LogP contribution in [0.15, 0.2) is 24.3 Å². The van der Waals surface area contributed by atoms with Crippen molar-refractivity contribution in [2.45, 2.75) is 12.2 Å². The van der Waals surface area contributed by atoms with Crippen LogP contribution in [-0.2, 0) is 15.8 Å². The molecule has 0 fully saturated rings. The van der Waals surface area contributed by atoms with E-state index in [1.165, 1.54) is 12.1 Å². The van der Waals surface area contributed by atoms with Crippen LogP contribution in [0.4, 0.5) is 14.5 Å². The van der Waals surface area contributed by atoms with Gasteiger partial charge in [0.15, 0.2) is 0 Å². The lowest BCUT2D eigenvalue weighted by Gasteiger charge is -2.06. The van der Waals surface area contributed by atoms with Gasteiger partial charge in [-0.25, -0.2) is 21.9 Å². The van der Waals surface area contributed by atoms with Crippen molar-refractivity contribution in [1.29, 1.82) is 0 Å². The molecule has 7 heteroatoms. The van der Waals surface area contributed by atoms with Crippen molar-refractivity contribution in [3.8, 4) is 0 Å². The van der Waals surface area contributed by atoms with E-state index in [-0.39, 0.29) is 5.75 Å². The quantitative estimate of drug-likeness (QED) is 0.764. The number of nitrogen functional groups attached to an aromatic ring is 1. The number of nitrogens with two attached hydrogens (primary N) is 1. The van der Waals surface area contributed by atoms with Crippen molar-refractivity contribution in [2.24, 2.45) is 0 Å². The Labute approximate surface area is 92.5 Å². The summed E-state index contributed by atoms with van der Waals surface area (Å²) in [5.74, 6) is -0.333. The molecule has 1 aromatic carbocycles. The van der Waals surface area contributed by atoms with Gasteiger partial charge in [-0.15, -0.1) is 0 Å². The third-order valence-corrected chi connectivity index (χ3v) is 3.11. The molecule has 90 valence electrons. The summed E-state index contributed by atoms with van der Waals surface area (Å²) in [5.41, 5.74) is 6.44. The standard InChI is InChI=1S/C9H12F2N2O2S/c10-9(11)5-13-16(14,15)6-7-1-3-8(12)4-2-7/h1-4,9,13H,5-6,12H2. The van der Waals surface area contributed by atoms with E-state index in [0.717, 1.165) is 0 Å². The SMILES string of the molecule is Nc1ccc(CS(=O)(=O)NCC(F)F)cc1. The fraction of sp³-hybridized carbons (Fsp3) is 0.333. The maximum absolute atomic E-state index is 11.8. The van der Waals surface area contributed by atoms with Gasteiger partial charge in [0.2, 0.25) is 10.0 Å². The molecule has 0 aliphatic heterocycles. The summed E-state index contributed by atoms with van der Waals surface area (Å²) in [6, 6.07) is 6.18. The van der Waals surface area contributed by atoms with Crippen LogP contribution in [0.5, 0.6) is 0 Å². The first-order chi connectivity index (χ1) is 7.39. The third-order valence-electron chi connectivity index (χ3n) is 1.79. The van der Waals surface area contributed by atoms with Crippen LogP contribution in [0.25, 0.3) is 0 Å². The molecular formula is C9H12F2N2O2S. The van der Waals surface area contributed by atoms with Gasteiger partial charge in [-0.05, 0) is 17.7 Å². The summed E-state index contributed by atoms with van der Waals surface area (Å²) in [6.45, 7) is -0.864. The Kier molecular flexibility index (Phi) is 4.19. The van der Waals surface area contributed by atoms with E-state index < -0.39 is 23.0 Å². The third kappa shape index (κ3) is 4.54. The second-order valence-electron chi connectivity index (χ2n) is 3.24. The highest BCUT2D eigenvalue weighted by atomic mass is 32.2. The Morgan fingerprint density at radius 3 is 2.31 bits per heavy atom. The van der Waals surface area contributed by atoms with Crippen molar-refractivity contribution in [1.82, 2.24) is 4.72 Å². The highest BCUT2D eigenvalue weighted by Crippen LogP contribution is 2.08. The molecule has 3 N–H and O–H groups in total. The first-order valence-electron chi connectivity index (χ1n) is 4.49. The van der Waals surface area contributed by atoms with Crippen LogP contribution < -0.4 is 10.5 Å². The molecule has 0 bridgehead atoms. The molecule has 0 aliphatic carbocycles. The zero-order valence-electron chi connectivity index (χ0n) is 8.36. The summed E-state index contributed by atoms with van der Waals surface area (Å²) in [5, 5.41) is 0. The van der Waals surface area contributed by atoms with Gasteiger partial charge in [0.25, 0.3) is 6.43 Å². The lowest BCUT2D eigenvalue weighted by atomic mass is 10.2. The molecule has 0 heterocycles. The van der Waals surface area contributed by atoms with E-state index in [4.69, 9.17) is 5.73 Å². The molecule has 0 spiro atoms. The van der Waals surface area contributed by atoms with Crippen LogP contribution in [0.1, 0.15) is 5.56 Å². The molecule has 4 nitrogen and oxygen atoms in total. The summed E-state index contributed by atoms with van der Waals surface area (Å²) in [7, 11) is -3.71. The van der Waals surface area contributed by atoms with Gasteiger partial charge in [-0.1, -0.05) is 12.1 Å². The van der Waals surface area contributed by atoms with E-state index in [0.29, 0.717) is 11.3 Å². The maximum Gasteiger partial charge on any atom is 0.251 e. The maximum atomic E-state index is 11.8. The number of alkyl halides is 2. The van der Waals surface area contributed by atoms with Crippen molar-refractivity contribution in [2.75, 3.05) is 12.3 Å². The Hall–Kier alpha value is -1.21. The molecule has 0 saturated heterocycles. The number of halogens is 2. The molecule has 16 heavy (non-hydrogen) atoms. The number of hydrogen-bond donors (Lipinski definition) is 2. The van der Waals surface area contributed by atoms with Gasteiger partial charge in [0, 0.05) is 5.69 Å². The first-order valence-corrected chi connectivity index (χ1v) is 6.14. The zero-order chi connectivity index (χ0) is 12.2. The molecule has 0 aromatic heterocycles. The van der Waals surface area contributed by atoms with Crippen LogP contribution in [-0.4, -0.2) is 21.4 Å². The Balaban J connectivity index is 2.62. The van der Waals surface area contributed by atoms with E-state index in [1.54, 1.807) is 12.1 Å². The number of nitrogens with one attached hydrogen (secondary N) is 1. The van der Waals surface area contributed by atoms with Gasteiger partial charge in [-0.2, -0.15) is 0 Å². The van der Waals surface area contributed by atoms with Gasteiger partial charge in [0.05, 0.1) is 12.3 Å². The van der Waals surface area contributed by atoms with Crippen LogP contribution in [0.3, 0.4) is 0 Å². The number of hydrogen-bond acceptors (Lipinski definition) is 3. The first kappa shape index (κ1) is 12.9. The molecule has 1 rings (SSSR count). The summed E-state index contributed by atoms with van der Waals surface area (Å²) >= 11 is 0. The van der Waals surface area contributed by atoms with Crippen molar-refractivity contribution < 1.29 is 17.2 Å². The Bertz CT molecular complexity index is 431. The van der Waals surface area contributed by atoms with Gasteiger partial charge >= 0.3 is 0 Å². The number of anilines is 1. The highest BCUT2D eigenvalue weighted by molar-refractivity contribution is 7.88. The second kappa shape index (κ2) is 5.22. The van der Waals surface area contributed by atoms with E-state index in [9.17, 15) is 17.2 Å². The molecule has 0 atom stereocenters. The molecular weight excluding hydrogens is 238 g/mol. The Morgan fingerprint density at radius 2 is 1.81 bits per heavy atom. The van der Waals surface area contributed by atoms with Crippen LogP contribution in [0, 0.1) is 0 Å². The molecule has 0 unspecified atom stereocenters. The van der Waals surface area contributed by atoms with Gasteiger partial charge < -0.3 is 5.73 Å². The highest BCUT2D eigenvalue weighted by Gasteiger charge is 2.13. The zero-order valence-corrected chi connectivity index (χ0v) is 9.18. The van der Waals surface area contributed by atoms with E-state index in [1.807, 2.05) is 4.72 Å². The normalized spacial score (nSPS) is 11.9.